The number of benzene rings is 1. The van der Waals surface area contributed by atoms with Crippen LogP contribution in [-0.4, -0.2) is 18.9 Å². The Bertz CT molecular complexity index is 637. The van der Waals surface area contributed by atoms with Crippen LogP contribution in [0.5, 0.6) is 5.75 Å². The summed E-state index contributed by atoms with van der Waals surface area (Å²) in [6.07, 6.45) is 0. The number of anilines is 2. The lowest BCUT2D eigenvalue weighted by atomic mass is 10.3. The van der Waals surface area contributed by atoms with Crippen molar-refractivity contribution in [3.05, 3.63) is 41.3 Å². The van der Waals surface area contributed by atoms with Gasteiger partial charge in [0.05, 0.1) is 22.7 Å². The highest BCUT2D eigenvalue weighted by atomic mass is 32.1. The third-order valence-electron chi connectivity index (χ3n) is 2.48. The lowest BCUT2D eigenvalue weighted by Gasteiger charge is -2.08. The van der Waals surface area contributed by atoms with E-state index in [0.29, 0.717) is 21.3 Å². The van der Waals surface area contributed by atoms with Crippen molar-refractivity contribution < 1.29 is 14.3 Å². The van der Waals surface area contributed by atoms with Crippen molar-refractivity contribution in [3.63, 3.8) is 0 Å². The standard InChI is InChI=1S/C14H14N2O3S/c1-9(17)15-13-8-7-12(20-13)14(18)16-10-5-3-4-6-11(10)19-2/h3-8H,1-2H3,(H,15,17)(H,16,18). The van der Waals surface area contributed by atoms with Gasteiger partial charge < -0.3 is 15.4 Å². The molecule has 1 heterocycles. The van der Waals surface area contributed by atoms with Gasteiger partial charge in [0.15, 0.2) is 0 Å². The molecular weight excluding hydrogens is 276 g/mol. The average Bonchev–Trinajstić information content (AvgIpc) is 2.87. The fourth-order valence-corrected chi connectivity index (χ4v) is 2.48. The summed E-state index contributed by atoms with van der Waals surface area (Å²) in [6, 6.07) is 10.5. The molecule has 2 aromatic rings. The van der Waals surface area contributed by atoms with Gasteiger partial charge in [-0.1, -0.05) is 12.1 Å². The number of hydrogen-bond donors (Lipinski definition) is 2. The molecule has 2 amide bonds. The van der Waals surface area contributed by atoms with Crippen LogP contribution in [0.15, 0.2) is 36.4 Å². The predicted molar refractivity (Wildman–Crippen MR) is 79.6 cm³/mol. The summed E-state index contributed by atoms with van der Waals surface area (Å²) in [5.41, 5.74) is 0.606. The molecule has 0 radical (unpaired) electrons. The number of hydrogen-bond acceptors (Lipinski definition) is 4. The van der Waals surface area contributed by atoms with Crippen LogP contribution in [0.25, 0.3) is 0 Å². The van der Waals surface area contributed by atoms with Crippen molar-refractivity contribution in [2.45, 2.75) is 6.92 Å². The monoisotopic (exact) mass is 290 g/mol. The summed E-state index contributed by atoms with van der Waals surface area (Å²) in [5, 5.41) is 6.06. The van der Waals surface area contributed by atoms with E-state index in [0.717, 1.165) is 0 Å². The summed E-state index contributed by atoms with van der Waals surface area (Å²) in [7, 11) is 1.55. The zero-order valence-corrected chi connectivity index (χ0v) is 11.9. The van der Waals surface area contributed by atoms with E-state index in [9.17, 15) is 9.59 Å². The number of rotatable bonds is 4. The first kappa shape index (κ1) is 14.1. The van der Waals surface area contributed by atoms with Crippen LogP contribution in [0.3, 0.4) is 0 Å². The Morgan fingerprint density at radius 2 is 1.85 bits per heavy atom. The van der Waals surface area contributed by atoms with Crippen molar-refractivity contribution in [1.82, 2.24) is 0 Å². The molecule has 2 rings (SSSR count). The number of carbonyl (C=O) groups is 2. The Balaban J connectivity index is 2.12. The highest BCUT2D eigenvalue weighted by molar-refractivity contribution is 7.18. The predicted octanol–water partition coefficient (Wildman–Crippen LogP) is 2.97. The van der Waals surface area contributed by atoms with Gasteiger partial charge in [0.1, 0.15) is 5.75 Å². The number of methoxy groups -OCH3 is 1. The molecule has 0 bridgehead atoms. The molecule has 104 valence electrons. The van der Waals surface area contributed by atoms with Gasteiger partial charge in [-0.05, 0) is 24.3 Å². The summed E-state index contributed by atoms with van der Waals surface area (Å²) in [5.74, 6) is 0.194. The van der Waals surface area contributed by atoms with E-state index in [-0.39, 0.29) is 11.8 Å². The number of amides is 2. The SMILES string of the molecule is COc1ccccc1NC(=O)c1ccc(NC(C)=O)s1. The molecule has 0 aliphatic rings. The molecule has 0 saturated heterocycles. The largest absolute Gasteiger partial charge is 0.495 e. The van der Waals surface area contributed by atoms with Gasteiger partial charge in [0.25, 0.3) is 5.91 Å². The van der Waals surface area contributed by atoms with Gasteiger partial charge in [0.2, 0.25) is 5.91 Å². The zero-order chi connectivity index (χ0) is 14.5. The Hall–Kier alpha value is -2.34. The number of para-hydroxylation sites is 2. The lowest BCUT2D eigenvalue weighted by molar-refractivity contribution is -0.114. The normalized spacial score (nSPS) is 9.90. The second kappa shape index (κ2) is 6.21. The van der Waals surface area contributed by atoms with Crippen LogP contribution in [0.1, 0.15) is 16.6 Å². The zero-order valence-electron chi connectivity index (χ0n) is 11.1. The molecule has 1 aromatic heterocycles. The second-order valence-corrected chi connectivity index (χ2v) is 5.08. The van der Waals surface area contributed by atoms with Gasteiger partial charge >= 0.3 is 0 Å². The summed E-state index contributed by atoms with van der Waals surface area (Å²) in [4.78, 5) is 23.6. The fraction of sp³-hybridized carbons (Fsp3) is 0.143. The molecule has 20 heavy (non-hydrogen) atoms. The molecule has 0 aliphatic heterocycles. The molecular formula is C14H14N2O3S. The van der Waals surface area contributed by atoms with E-state index < -0.39 is 0 Å². The minimum absolute atomic E-state index is 0.163. The van der Waals surface area contributed by atoms with Crippen molar-refractivity contribution in [2.24, 2.45) is 0 Å². The van der Waals surface area contributed by atoms with E-state index in [2.05, 4.69) is 10.6 Å². The fourth-order valence-electron chi connectivity index (χ4n) is 1.63. The molecule has 2 N–H and O–H groups in total. The van der Waals surface area contributed by atoms with E-state index >= 15 is 0 Å². The summed E-state index contributed by atoms with van der Waals surface area (Å²) < 4.78 is 5.17. The van der Waals surface area contributed by atoms with Gasteiger partial charge in [-0.15, -0.1) is 11.3 Å². The van der Waals surface area contributed by atoms with Crippen molar-refractivity contribution in [2.75, 3.05) is 17.7 Å². The number of thiophene rings is 1. The Morgan fingerprint density at radius 3 is 2.55 bits per heavy atom. The smallest absolute Gasteiger partial charge is 0.265 e. The third kappa shape index (κ3) is 3.36. The molecule has 0 atom stereocenters. The number of nitrogens with one attached hydrogen (secondary N) is 2. The number of carbonyl (C=O) groups excluding carboxylic acids is 2. The van der Waals surface area contributed by atoms with Gasteiger partial charge in [-0.25, -0.2) is 0 Å². The third-order valence-corrected chi connectivity index (χ3v) is 3.48. The molecule has 0 aliphatic carbocycles. The summed E-state index contributed by atoms with van der Waals surface area (Å²) in [6.45, 7) is 1.42. The minimum atomic E-state index is -0.240. The Labute approximate surface area is 120 Å². The molecule has 0 saturated carbocycles. The first-order valence-electron chi connectivity index (χ1n) is 5.92. The Morgan fingerprint density at radius 1 is 1.10 bits per heavy atom. The van der Waals surface area contributed by atoms with Crippen molar-refractivity contribution >= 4 is 33.8 Å². The van der Waals surface area contributed by atoms with Crippen LogP contribution in [0.4, 0.5) is 10.7 Å². The first-order valence-corrected chi connectivity index (χ1v) is 6.73. The van der Waals surface area contributed by atoms with Crippen LogP contribution in [0, 0.1) is 0 Å². The molecule has 6 heteroatoms. The summed E-state index contributed by atoms with van der Waals surface area (Å²) >= 11 is 1.22. The highest BCUT2D eigenvalue weighted by Gasteiger charge is 2.12. The van der Waals surface area contributed by atoms with Gasteiger partial charge in [-0.2, -0.15) is 0 Å². The lowest BCUT2D eigenvalue weighted by Crippen LogP contribution is -2.11. The highest BCUT2D eigenvalue weighted by Crippen LogP contribution is 2.26. The average molecular weight is 290 g/mol. The van der Waals surface area contributed by atoms with Gasteiger partial charge in [-0.3, -0.25) is 9.59 Å². The van der Waals surface area contributed by atoms with Crippen LogP contribution < -0.4 is 15.4 Å². The van der Waals surface area contributed by atoms with Crippen molar-refractivity contribution in [3.8, 4) is 5.75 Å². The molecule has 0 spiro atoms. The van der Waals surface area contributed by atoms with E-state index in [1.165, 1.54) is 18.3 Å². The van der Waals surface area contributed by atoms with E-state index in [1.807, 2.05) is 12.1 Å². The van der Waals surface area contributed by atoms with E-state index in [1.54, 1.807) is 31.4 Å². The first-order chi connectivity index (χ1) is 9.60. The topological polar surface area (TPSA) is 67.4 Å². The minimum Gasteiger partial charge on any atom is -0.495 e. The maximum atomic E-state index is 12.1. The van der Waals surface area contributed by atoms with E-state index in [4.69, 9.17) is 4.74 Å². The molecule has 1 aromatic carbocycles. The maximum absolute atomic E-state index is 12.1. The quantitative estimate of drug-likeness (QED) is 0.909. The molecule has 5 nitrogen and oxygen atoms in total. The van der Waals surface area contributed by atoms with Gasteiger partial charge in [0, 0.05) is 6.92 Å². The second-order valence-electron chi connectivity index (χ2n) is 4.00. The molecule has 0 unspecified atom stereocenters. The van der Waals surface area contributed by atoms with Crippen molar-refractivity contribution in [1.29, 1.82) is 0 Å². The maximum Gasteiger partial charge on any atom is 0.265 e. The number of ether oxygens (including phenoxy) is 1. The van der Waals surface area contributed by atoms with Crippen LogP contribution >= 0.6 is 11.3 Å². The van der Waals surface area contributed by atoms with Crippen LogP contribution in [0.2, 0.25) is 0 Å². The molecule has 0 fully saturated rings. The van der Waals surface area contributed by atoms with Crippen LogP contribution in [-0.2, 0) is 4.79 Å². The Kier molecular flexibility index (Phi) is 4.37.